The van der Waals surface area contributed by atoms with E-state index in [0.717, 1.165) is 31.7 Å². The van der Waals surface area contributed by atoms with E-state index in [1.165, 1.54) is 0 Å². The molecule has 80 valence electrons. The minimum Gasteiger partial charge on any atom is -0.478 e. The number of carbonyl (C=O) groups excluding carboxylic acids is 1. The number of hydrogen-bond donors (Lipinski definition) is 2. The molecule has 0 rings (SSSR count). The fourth-order valence-corrected chi connectivity index (χ4v) is 0.734. The summed E-state index contributed by atoms with van der Waals surface area (Å²) in [5, 5.41) is 11.3. The summed E-state index contributed by atoms with van der Waals surface area (Å²) in [6, 6.07) is 0. The van der Waals surface area contributed by atoms with E-state index in [4.69, 9.17) is 9.84 Å². The maximum atomic E-state index is 10.8. The molecule has 0 aliphatic heterocycles. The molecule has 5 heteroatoms. The van der Waals surface area contributed by atoms with Crippen molar-refractivity contribution in [3.05, 3.63) is 12.2 Å². The molecular weight excluding hydrogens is 186 g/mol. The van der Waals surface area contributed by atoms with Crippen molar-refractivity contribution < 1.29 is 19.4 Å². The third-order valence-corrected chi connectivity index (χ3v) is 1.35. The SMILES string of the molecule is CCNCCCOC(=O)C=CC(=O)O. The van der Waals surface area contributed by atoms with Gasteiger partial charge in [0.2, 0.25) is 0 Å². The van der Waals surface area contributed by atoms with E-state index in [1.54, 1.807) is 0 Å². The zero-order valence-corrected chi connectivity index (χ0v) is 8.16. The highest BCUT2D eigenvalue weighted by Crippen LogP contribution is 1.85. The van der Waals surface area contributed by atoms with Crippen LogP contribution in [0.25, 0.3) is 0 Å². The molecule has 14 heavy (non-hydrogen) atoms. The Morgan fingerprint density at radius 1 is 1.43 bits per heavy atom. The summed E-state index contributed by atoms with van der Waals surface area (Å²) in [7, 11) is 0. The molecule has 0 saturated carbocycles. The molecule has 0 unspecified atom stereocenters. The first kappa shape index (κ1) is 12.6. The lowest BCUT2D eigenvalue weighted by Crippen LogP contribution is -2.16. The minimum absolute atomic E-state index is 0.301. The van der Waals surface area contributed by atoms with Gasteiger partial charge in [-0.05, 0) is 19.5 Å². The fraction of sp³-hybridized carbons (Fsp3) is 0.556. The van der Waals surface area contributed by atoms with Crippen molar-refractivity contribution in [3.63, 3.8) is 0 Å². The standard InChI is InChI=1S/C9H15NO4/c1-2-10-6-3-7-14-9(13)5-4-8(11)12/h4-5,10H,2-3,6-7H2,1H3,(H,11,12). The van der Waals surface area contributed by atoms with E-state index < -0.39 is 11.9 Å². The summed E-state index contributed by atoms with van der Waals surface area (Å²) in [6.45, 7) is 3.96. The number of rotatable bonds is 7. The Morgan fingerprint density at radius 3 is 2.71 bits per heavy atom. The van der Waals surface area contributed by atoms with Gasteiger partial charge >= 0.3 is 11.9 Å². The summed E-state index contributed by atoms with van der Waals surface area (Å²) >= 11 is 0. The molecule has 0 aromatic rings. The molecule has 0 spiro atoms. The molecule has 5 nitrogen and oxygen atoms in total. The summed E-state index contributed by atoms with van der Waals surface area (Å²) < 4.78 is 4.71. The predicted octanol–water partition coefficient (Wildman–Crippen LogP) is 0.170. The molecule has 0 fully saturated rings. The topological polar surface area (TPSA) is 75.6 Å². The Hall–Kier alpha value is -1.36. The Bertz CT molecular complexity index is 213. The van der Waals surface area contributed by atoms with Gasteiger partial charge in [0.15, 0.2) is 0 Å². The molecule has 0 aliphatic rings. The molecule has 0 heterocycles. The Balaban J connectivity index is 3.40. The third-order valence-electron chi connectivity index (χ3n) is 1.35. The van der Waals surface area contributed by atoms with Gasteiger partial charge in [-0.1, -0.05) is 6.92 Å². The first-order valence-electron chi connectivity index (χ1n) is 4.45. The lowest BCUT2D eigenvalue weighted by Gasteiger charge is -2.01. The summed E-state index contributed by atoms with van der Waals surface area (Å²) in [4.78, 5) is 20.8. The van der Waals surface area contributed by atoms with Gasteiger partial charge in [0.25, 0.3) is 0 Å². The smallest absolute Gasteiger partial charge is 0.331 e. The van der Waals surface area contributed by atoms with Crippen molar-refractivity contribution in [1.82, 2.24) is 5.32 Å². The Morgan fingerprint density at radius 2 is 2.14 bits per heavy atom. The van der Waals surface area contributed by atoms with Crippen LogP contribution in [0, 0.1) is 0 Å². The molecule has 0 amide bonds. The quantitative estimate of drug-likeness (QED) is 0.349. The average molecular weight is 201 g/mol. The fourth-order valence-electron chi connectivity index (χ4n) is 0.734. The van der Waals surface area contributed by atoms with E-state index in [1.807, 2.05) is 6.92 Å². The second-order valence-electron chi connectivity index (χ2n) is 2.55. The highest BCUT2D eigenvalue weighted by atomic mass is 16.5. The maximum absolute atomic E-state index is 10.8. The van der Waals surface area contributed by atoms with Crippen molar-refractivity contribution in [1.29, 1.82) is 0 Å². The van der Waals surface area contributed by atoms with Gasteiger partial charge in [-0.2, -0.15) is 0 Å². The van der Waals surface area contributed by atoms with Gasteiger partial charge in [0.1, 0.15) is 0 Å². The molecule has 0 atom stereocenters. The first-order valence-corrected chi connectivity index (χ1v) is 4.45. The number of hydrogen-bond acceptors (Lipinski definition) is 4. The second kappa shape index (κ2) is 8.25. The van der Waals surface area contributed by atoms with Crippen LogP contribution in [-0.2, 0) is 14.3 Å². The van der Waals surface area contributed by atoms with E-state index in [9.17, 15) is 9.59 Å². The lowest BCUT2D eigenvalue weighted by molar-refractivity contribution is -0.138. The molecule has 0 saturated heterocycles. The summed E-state index contributed by atoms with van der Waals surface area (Å²) in [6.07, 6.45) is 2.38. The molecule has 0 aliphatic carbocycles. The predicted molar refractivity (Wildman–Crippen MR) is 50.9 cm³/mol. The van der Waals surface area contributed by atoms with Crippen LogP contribution in [0.1, 0.15) is 13.3 Å². The summed E-state index contributed by atoms with van der Waals surface area (Å²) in [5.41, 5.74) is 0. The first-order chi connectivity index (χ1) is 6.66. The normalized spacial score (nSPS) is 10.4. The minimum atomic E-state index is -1.16. The molecule has 0 bridgehead atoms. The highest BCUT2D eigenvalue weighted by Gasteiger charge is 1.97. The number of ether oxygens (including phenoxy) is 1. The van der Waals surface area contributed by atoms with E-state index >= 15 is 0 Å². The van der Waals surface area contributed by atoms with Crippen LogP contribution in [0.3, 0.4) is 0 Å². The zero-order chi connectivity index (χ0) is 10.8. The molecule has 2 N–H and O–H groups in total. The largest absolute Gasteiger partial charge is 0.478 e. The molecule has 0 radical (unpaired) electrons. The van der Waals surface area contributed by atoms with Gasteiger partial charge in [0, 0.05) is 12.2 Å². The molecule has 0 aromatic heterocycles. The van der Waals surface area contributed by atoms with Crippen LogP contribution in [0.2, 0.25) is 0 Å². The van der Waals surface area contributed by atoms with Crippen LogP contribution in [0.15, 0.2) is 12.2 Å². The van der Waals surface area contributed by atoms with E-state index in [2.05, 4.69) is 5.32 Å². The Kier molecular flexibility index (Phi) is 7.45. The van der Waals surface area contributed by atoms with Crippen LogP contribution >= 0.6 is 0 Å². The van der Waals surface area contributed by atoms with E-state index in [0.29, 0.717) is 6.61 Å². The van der Waals surface area contributed by atoms with E-state index in [-0.39, 0.29) is 0 Å². The van der Waals surface area contributed by atoms with Crippen LogP contribution in [0.5, 0.6) is 0 Å². The maximum Gasteiger partial charge on any atom is 0.331 e. The molecule has 0 aromatic carbocycles. The van der Waals surface area contributed by atoms with Crippen molar-refractivity contribution in [3.8, 4) is 0 Å². The van der Waals surface area contributed by atoms with Gasteiger partial charge < -0.3 is 15.2 Å². The second-order valence-corrected chi connectivity index (χ2v) is 2.55. The van der Waals surface area contributed by atoms with Crippen LogP contribution in [-0.4, -0.2) is 36.7 Å². The van der Waals surface area contributed by atoms with Gasteiger partial charge in [0.05, 0.1) is 6.61 Å². The number of nitrogens with one attached hydrogen (secondary N) is 1. The lowest BCUT2D eigenvalue weighted by atomic mass is 10.4. The van der Waals surface area contributed by atoms with Gasteiger partial charge in [-0.15, -0.1) is 0 Å². The number of carbonyl (C=O) groups is 2. The van der Waals surface area contributed by atoms with Crippen molar-refractivity contribution in [2.24, 2.45) is 0 Å². The van der Waals surface area contributed by atoms with Crippen molar-refractivity contribution in [2.45, 2.75) is 13.3 Å². The Labute approximate surface area is 82.7 Å². The van der Waals surface area contributed by atoms with Crippen LogP contribution < -0.4 is 5.32 Å². The monoisotopic (exact) mass is 201 g/mol. The summed E-state index contributed by atoms with van der Waals surface area (Å²) in [5.74, 6) is -1.78. The highest BCUT2D eigenvalue weighted by molar-refractivity contribution is 5.90. The number of aliphatic carboxylic acids is 1. The van der Waals surface area contributed by atoms with Crippen molar-refractivity contribution in [2.75, 3.05) is 19.7 Å². The van der Waals surface area contributed by atoms with Crippen LogP contribution in [0.4, 0.5) is 0 Å². The van der Waals surface area contributed by atoms with Gasteiger partial charge in [-0.25, -0.2) is 9.59 Å². The number of carboxylic acid groups (broad SMARTS) is 1. The van der Waals surface area contributed by atoms with Crippen molar-refractivity contribution >= 4 is 11.9 Å². The average Bonchev–Trinajstić information content (AvgIpc) is 2.14. The zero-order valence-electron chi connectivity index (χ0n) is 8.16. The number of carboxylic acids is 1. The van der Waals surface area contributed by atoms with Gasteiger partial charge in [-0.3, -0.25) is 0 Å². The third kappa shape index (κ3) is 8.73. The molecular formula is C9H15NO4. The number of esters is 1.